The number of nitrogens with one attached hydrogen (secondary N) is 1. The minimum absolute atomic E-state index is 0.141. The van der Waals surface area contributed by atoms with Crippen LogP contribution in [0.5, 0.6) is 0 Å². The first-order valence-corrected chi connectivity index (χ1v) is 12.1. The van der Waals surface area contributed by atoms with Gasteiger partial charge >= 0.3 is 0 Å². The molecule has 0 saturated carbocycles. The molecule has 178 valence electrons. The topological polar surface area (TPSA) is 72.9 Å². The number of carbonyl (C=O) groups is 2. The molecule has 1 saturated heterocycles. The van der Waals surface area contributed by atoms with Crippen molar-refractivity contribution in [1.29, 1.82) is 0 Å². The minimum atomic E-state index is 0.141. The Morgan fingerprint density at radius 2 is 1.94 bits per heavy atom. The number of aldehydes is 1. The van der Waals surface area contributed by atoms with Crippen LogP contribution in [0.4, 0.5) is 0 Å². The van der Waals surface area contributed by atoms with Crippen molar-refractivity contribution in [2.75, 3.05) is 39.8 Å². The summed E-state index contributed by atoms with van der Waals surface area (Å²) in [6.07, 6.45) is 11.3. The van der Waals surface area contributed by atoms with Crippen molar-refractivity contribution in [3.05, 3.63) is 41.5 Å². The van der Waals surface area contributed by atoms with E-state index in [0.29, 0.717) is 12.5 Å². The van der Waals surface area contributed by atoms with Gasteiger partial charge in [-0.15, -0.1) is 0 Å². The smallest absolute Gasteiger partial charge is 0.207 e. The summed E-state index contributed by atoms with van der Waals surface area (Å²) in [5.74, 6) is 0. The normalized spacial score (nSPS) is 22.5. The maximum atomic E-state index is 10.7. The second-order valence-corrected chi connectivity index (χ2v) is 8.80. The number of likely N-dealkylation sites (tertiary alicyclic amines) is 1. The molecule has 2 aliphatic rings. The summed E-state index contributed by atoms with van der Waals surface area (Å²) in [4.78, 5) is 25.5. The Morgan fingerprint density at radius 1 is 1.12 bits per heavy atom. The highest BCUT2D eigenvalue weighted by molar-refractivity contribution is 5.71. The average Bonchev–Trinajstić information content (AvgIpc) is 3.16. The van der Waals surface area contributed by atoms with E-state index >= 15 is 0 Å². The zero-order chi connectivity index (χ0) is 23.2. The molecule has 0 aromatic heterocycles. The number of nitrogens with zero attached hydrogens (tertiary/aromatic N) is 2. The van der Waals surface area contributed by atoms with Crippen molar-refractivity contribution in [2.24, 2.45) is 0 Å². The molecule has 1 aromatic rings. The Balaban J connectivity index is 0.000000244. The molecule has 0 spiro atoms. The summed E-state index contributed by atoms with van der Waals surface area (Å²) in [5.41, 5.74) is 4.00. The Morgan fingerprint density at radius 3 is 2.66 bits per heavy atom. The van der Waals surface area contributed by atoms with E-state index < -0.39 is 0 Å². The van der Waals surface area contributed by atoms with Crippen LogP contribution in [-0.4, -0.2) is 79.5 Å². The molecule has 2 atom stereocenters. The summed E-state index contributed by atoms with van der Waals surface area (Å²) in [6.45, 7) is 6.21. The van der Waals surface area contributed by atoms with Crippen molar-refractivity contribution in [3.63, 3.8) is 0 Å². The molecule has 2 N–H and O–H groups in total. The SMILES string of the molecule is CCc1ccccc1C1=CC(NC=O)CCN(C)C1.O=CCCN1CCCCCC1CO. The van der Waals surface area contributed by atoms with Crippen LogP contribution >= 0.6 is 0 Å². The molecule has 6 heteroatoms. The van der Waals surface area contributed by atoms with Gasteiger partial charge in [0.2, 0.25) is 6.41 Å². The number of amides is 1. The lowest BCUT2D eigenvalue weighted by Crippen LogP contribution is -2.38. The number of benzene rings is 1. The summed E-state index contributed by atoms with van der Waals surface area (Å²) >= 11 is 0. The van der Waals surface area contributed by atoms with Crippen LogP contribution in [0.15, 0.2) is 30.3 Å². The standard InChI is InChI=1S/C16H22N2O.C10H19NO2/c1-3-13-6-4-5-7-16(13)14-10-15(17-12-19)8-9-18(2)11-14;12-8-4-7-11-6-3-1-2-5-10(11)9-13/h4-7,10,12,15H,3,8-9,11H2,1-2H3,(H,17,19);8,10,13H,1-7,9H2. The zero-order valence-electron chi connectivity index (χ0n) is 19.8. The van der Waals surface area contributed by atoms with Gasteiger partial charge in [-0.1, -0.05) is 50.1 Å². The highest BCUT2D eigenvalue weighted by Gasteiger charge is 2.19. The van der Waals surface area contributed by atoms with Crippen LogP contribution in [0.25, 0.3) is 5.57 Å². The molecular weight excluding hydrogens is 402 g/mol. The van der Waals surface area contributed by atoms with Gasteiger partial charge in [0, 0.05) is 38.1 Å². The number of carbonyl (C=O) groups excluding carboxylic acids is 2. The van der Waals surface area contributed by atoms with Crippen molar-refractivity contribution in [2.45, 2.75) is 64.0 Å². The third-order valence-electron chi connectivity index (χ3n) is 6.43. The third kappa shape index (κ3) is 8.49. The largest absolute Gasteiger partial charge is 0.395 e. The number of rotatable bonds is 8. The molecule has 3 rings (SSSR count). The van der Waals surface area contributed by atoms with Crippen molar-refractivity contribution >= 4 is 18.3 Å². The molecule has 2 heterocycles. The summed E-state index contributed by atoms with van der Waals surface area (Å²) < 4.78 is 0. The number of aliphatic hydroxyl groups excluding tert-OH is 1. The molecule has 0 bridgehead atoms. The number of aryl methyl sites for hydroxylation is 1. The fourth-order valence-electron chi connectivity index (χ4n) is 4.60. The molecule has 1 fully saturated rings. The Labute approximate surface area is 193 Å². The van der Waals surface area contributed by atoms with E-state index in [1.54, 1.807) is 0 Å². The first-order valence-electron chi connectivity index (χ1n) is 12.1. The molecule has 1 amide bonds. The number of aliphatic hydroxyl groups is 1. The first-order chi connectivity index (χ1) is 15.6. The zero-order valence-corrected chi connectivity index (χ0v) is 19.8. The van der Waals surface area contributed by atoms with Gasteiger partial charge in [0.1, 0.15) is 6.29 Å². The Bertz CT molecular complexity index is 722. The van der Waals surface area contributed by atoms with Gasteiger partial charge < -0.3 is 20.1 Å². The lowest BCUT2D eigenvalue weighted by molar-refractivity contribution is -0.110. The minimum Gasteiger partial charge on any atom is -0.395 e. The van der Waals surface area contributed by atoms with Crippen LogP contribution < -0.4 is 5.32 Å². The fraction of sp³-hybridized carbons (Fsp3) is 0.615. The monoisotopic (exact) mass is 443 g/mol. The van der Waals surface area contributed by atoms with E-state index in [4.69, 9.17) is 5.11 Å². The molecule has 0 aliphatic carbocycles. The van der Waals surface area contributed by atoms with Crippen molar-refractivity contribution < 1.29 is 14.7 Å². The predicted octanol–water partition coefficient (Wildman–Crippen LogP) is 2.89. The van der Waals surface area contributed by atoms with Gasteiger partial charge in [-0.3, -0.25) is 9.69 Å². The summed E-state index contributed by atoms with van der Waals surface area (Å²) in [5, 5.41) is 12.1. The van der Waals surface area contributed by atoms with Crippen LogP contribution in [0.1, 0.15) is 56.6 Å². The van der Waals surface area contributed by atoms with E-state index in [1.807, 2.05) is 0 Å². The van der Waals surface area contributed by atoms with Gasteiger partial charge in [-0.2, -0.15) is 0 Å². The van der Waals surface area contributed by atoms with Crippen molar-refractivity contribution in [1.82, 2.24) is 15.1 Å². The molecule has 2 aliphatic heterocycles. The number of likely N-dealkylation sites (N-methyl/N-ethyl adjacent to an activating group) is 1. The lowest BCUT2D eigenvalue weighted by atomic mass is 9.96. The van der Waals surface area contributed by atoms with Crippen LogP contribution in [0, 0.1) is 0 Å². The highest BCUT2D eigenvalue weighted by atomic mass is 16.3. The van der Waals surface area contributed by atoms with Crippen LogP contribution in [-0.2, 0) is 16.0 Å². The van der Waals surface area contributed by atoms with Crippen molar-refractivity contribution in [3.8, 4) is 0 Å². The van der Waals surface area contributed by atoms with Gasteiger partial charge in [-0.25, -0.2) is 0 Å². The summed E-state index contributed by atoms with van der Waals surface area (Å²) in [6, 6.07) is 8.97. The van der Waals surface area contributed by atoms with E-state index in [9.17, 15) is 9.59 Å². The maximum Gasteiger partial charge on any atom is 0.207 e. The Hall–Kier alpha value is -2.02. The molecule has 1 aromatic carbocycles. The lowest BCUT2D eigenvalue weighted by Gasteiger charge is -2.27. The second-order valence-electron chi connectivity index (χ2n) is 8.80. The second kappa shape index (κ2) is 14.9. The maximum absolute atomic E-state index is 10.7. The van der Waals surface area contributed by atoms with Gasteiger partial charge in [0.25, 0.3) is 0 Å². The molecule has 6 nitrogen and oxygen atoms in total. The summed E-state index contributed by atoms with van der Waals surface area (Å²) in [7, 11) is 2.13. The van der Waals surface area contributed by atoms with Crippen LogP contribution in [0.2, 0.25) is 0 Å². The van der Waals surface area contributed by atoms with Gasteiger partial charge in [0.15, 0.2) is 0 Å². The van der Waals surface area contributed by atoms with E-state index in [-0.39, 0.29) is 12.6 Å². The molecule has 2 unspecified atom stereocenters. The van der Waals surface area contributed by atoms with E-state index in [2.05, 4.69) is 59.4 Å². The Kier molecular flexibility index (Phi) is 12.2. The molecular formula is C26H41N3O3. The van der Waals surface area contributed by atoms with Gasteiger partial charge in [0.05, 0.1) is 6.61 Å². The van der Waals surface area contributed by atoms with Crippen LogP contribution in [0.3, 0.4) is 0 Å². The number of hydrogen-bond acceptors (Lipinski definition) is 5. The molecule has 32 heavy (non-hydrogen) atoms. The van der Waals surface area contributed by atoms with E-state index in [0.717, 1.165) is 58.1 Å². The number of hydrogen-bond donors (Lipinski definition) is 2. The predicted molar refractivity (Wildman–Crippen MR) is 130 cm³/mol. The first kappa shape index (κ1) is 26.2. The highest BCUT2D eigenvalue weighted by Crippen LogP contribution is 2.23. The van der Waals surface area contributed by atoms with E-state index in [1.165, 1.54) is 36.0 Å². The molecule has 0 radical (unpaired) electrons. The van der Waals surface area contributed by atoms with Gasteiger partial charge in [-0.05, 0) is 56.0 Å². The quantitative estimate of drug-likeness (QED) is 0.605. The fourth-order valence-corrected chi connectivity index (χ4v) is 4.60. The average molecular weight is 444 g/mol. The third-order valence-corrected chi connectivity index (χ3v) is 6.43.